The van der Waals surface area contributed by atoms with Gasteiger partial charge < -0.3 is 15.7 Å². The Hall–Kier alpha value is -1.10. The summed E-state index contributed by atoms with van der Waals surface area (Å²) in [4.78, 5) is 12.8. The van der Waals surface area contributed by atoms with Gasteiger partial charge in [0.05, 0.1) is 16.7 Å². The van der Waals surface area contributed by atoms with E-state index in [2.05, 4.69) is 10.6 Å². The molecule has 2 aliphatic rings. The molecule has 126 valence electrons. The number of hydrogen-bond acceptors (Lipinski definition) is 3. The van der Waals surface area contributed by atoms with Crippen molar-refractivity contribution in [3.05, 3.63) is 34.3 Å². The van der Waals surface area contributed by atoms with Gasteiger partial charge in [0.2, 0.25) is 0 Å². The number of halogens is 1. The number of rotatable bonds is 4. The van der Waals surface area contributed by atoms with Crippen LogP contribution >= 0.6 is 11.6 Å². The lowest BCUT2D eigenvalue weighted by Crippen LogP contribution is -2.53. The van der Waals surface area contributed by atoms with Crippen molar-refractivity contribution >= 4 is 17.5 Å². The van der Waals surface area contributed by atoms with E-state index in [-0.39, 0.29) is 18.1 Å². The van der Waals surface area contributed by atoms with E-state index in [4.69, 9.17) is 11.6 Å². The fourth-order valence-corrected chi connectivity index (χ4v) is 4.20. The second-order valence-electron chi connectivity index (χ2n) is 6.90. The first-order chi connectivity index (χ1) is 11.1. The fourth-order valence-electron chi connectivity index (χ4n) is 3.89. The molecule has 3 rings (SSSR count). The predicted octanol–water partition coefficient (Wildman–Crippen LogP) is 2.52. The van der Waals surface area contributed by atoms with Crippen LogP contribution in [-0.4, -0.2) is 36.2 Å². The third-order valence-corrected chi connectivity index (χ3v) is 5.61. The Morgan fingerprint density at radius 3 is 2.61 bits per heavy atom. The zero-order valence-corrected chi connectivity index (χ0v) is 14.3. The van der Waals surface area contributed by atoms with Crippen LogP contribution in [0.5, 0.6) is 0 Å². The third kappa shape index (κ3) is 3.70. The third-order valence-electron chi connectivity index (χ3n) is 5.30. The summed E-state index contributed by atoms with van der Waals surface area (Å²) >= 11 is 6.23. The topological polar surface area (TPSA) is 61.4 Å². The van der Waals surface area contributed by atoms with Gasteiger partial charge in [-0.25, -0.2) is 0 Å². The summed E-state index contributed by atoms with van der Waals surface area (Å²) < 4.78 is 0. The van der Waals surface area contributed by atoms with Crippen molar-refractivity contribution < 1.29 is 9.90 Å². The average molecular weight is 337 g/mol. The molecule has 23 heavy (non-hydrogen) atoms. The molecule has 1 aromatic carbocycles. The molecule has 1 amide bonds. The zero-order valence-electron chi connectivity index (χ0n) is 13.5. The maximum Gasteiger partial charge on any atom is 0.253 e. The van der Waals surface area contributed by atoms with Crippen molar-refractivity contribution in [3.8, 4) is 0 Å². The molecule has 1 saturated heterocycles. The molecule has 0 spiro atoms. The Morgan fingerprint density at radius 2 is 2.00 bits per heavy atom. The van der Waals surface area contributed by atoms with E-state index in [0.717, 1.165) is 44.3 Å². The van der Waals surface area contributed by atoms with Gasteiger partial charge >= 0.3 is 0 Å². The fraction of sp³-hybridized carbons (Fsp3) is 0.611. The molecule has 0 bridgehead atoms. The molecule has 1 atom stereocenters. The molecule has 3 N–H and O–H groups in total. The molecule has 1 saturated carbocycles. The van der Waals surface area contributed by atoms with E-state index in [1.165, 1.54) is 0 Å². The van der Waals surface area contributed by atoms with Crippen molar-refractivity contribution in [1.29, 1.82) is 0 Å². The van der Waals surface area contributed by atoms with Gasteiger partial charge in [0.25, 0.3) is 5.91 Å². The molecule has 0 aromatic heterocycles. The standard InChI is InChI=1S/C18H25ClN2O2/c1-11-3-2-4-15(19)16(11)18(23)21-17(13-9-14(22)10-13)12-5-7-20-8-6-12/h2-4,12-14,17,20,22H,5-10H2,1H3,(H,21,23)/t13?,14?,17-/m1/s1. The SMILES string of the molecule is Cc1cccc(Cl)c1C(=O)N[C@H](C1CCNCC1)C1CC(O)C1. The van der Waals surface area contributed by atoms with Crippen LogP contribution in [0.3, 0.4) is 0 Å². The monoisotopic (exact) mass is 336 g/mol. The molecule has 5 heteroatoms. The van der Waals surface area contributed by atoms with Crippen LogP contribution in [0, 0.1) is 18.8 Å². The van der Waals surface area contributed by atoms with Crippen molar-refractivity contribution in [2.24, 2.45) is 11.8 Å². The first-order valence-electron chi connectivity index (χ1n) is 8.51. The molecule has 1 heterocycles. The summed E-state index contributed by atoms with van der Waals surface area (Å²) in [6.45, 7) is 3.91. The van der Waals surface area contributed by atoms with Crippen molar-refractivity contribution in [2.45, 2.75) is 44.8 Å². The highest BCUT2D eigenvalue weighted by Gasteiger charge is 2.39. The van der Waals surface area contributed by atoms with E-state index >= 15 is 0 Å². The number of aryl methyl sites for hydroxylation is 1. The molecular formula is C18H25ClN2O2. The molecule has 1 aliphatic carbocycles. The van der Waals surface area contributed by atoms with Crippen LogP contribution in [-0.2, 0) is 0 Å². The lowest BCUT2D eigenvalue weighted by Gasteiger charge is -2.43. The number of nitrogens with one attached hydrogen (secondary N) is 2. The van der Waals surface area contributed by atoms with Gasteiger partial charge in [-0.2, -0.15) is 0 Å². The Balaban J connectivity index is 1.76. The number of carbonyl (C=O) groups is 1. The number of hydrogen-bond donors (Lipinski definition) is 3. The van der Waals surface area contributed by atoms with Gasteiger partial charge in [0.1, 0.15) is 0 Å². The molecular weight excluding hydrogens is 312 g/mol. The predicted molar refractivity (Wildman–Crippen MR) is 91.8 cm³/mol. The molecule has 1 aromatic rings. The smallest absolute Gasteiger partial charge is 0.253 e. The summed E-state index contributed by atoms with van der Waals surface area (Å²) in [7, 11) is 0. The summed E-state index contributed by atoms with van der Waals surface area (Å²) in [6, 6.07) is 5.66. The highest BCUT2D eigenvalue weighted by molar-refractivity contribution is 6.34. The average Bonchev–Trinajstić information content (AvgIpc) is 2.50. The van der Waals surface area contributed by atoms with Crippen molar-refractivity contribution in [1.82, 2.24) is 10.6 Å². The summed E-state index contributed by atoms with van der Waals surface area (Å²) in [5.41, 5.74) is 1.47. The quantitative estimate of drug-likeness (QED) is 0.791. The van der Waals surface area contributed by atoms with Crippen LogP contribution < -0.4 is 10.6 Å². The van der Waals surface area contributed by atoms with Gasteiger partial charge in [-0.3, -0.25) is 4.79 Å². The number of aliphatic hydroxyl groups is 1. The van der Waals surface area contributed by atoms with Gasteiger partial charge in [-0.15, -0.1) is 0 Å². The maximum atomic E-state index is 12.8. The lowest BCUT2D eigenvalue weighted by atomic mass is 9.71. The van der Waals surface area contributed by atoms with Gasteiger partial charge in [-0.05, 0) is 69.2 Å². The minimum Gasteiger partial charge on any atom is -0.393 e. The Morgan fingerprint density at radius 1 is 1.30 bits per heavy atom. The summed E-state index contributed by atoms with van der Waals surface area (Å²) in [6.07, 6.45) is 3.51. The number of benzene rings is 1. The van der Waals surface area contributed by atoms with Crippen LogP contribution in [0.25, 0.3) is 0 Å². The van der Waals surface area contributed by atoms with E-state index in [0.29, 0.717) is 22.4 Å². The normalized spacial score (nSPS) is 26.4. The van der Waals surface area contributed by atoms with Crippen LogP contribution in [0.2, 0.25) is 5.02 Å². The van der Waals surface area contributed by atoms with Crippen LogP contribution in [0.15, 0.2) is 18.2 Å². The maximum absolute atomic E-state index is 12.8. The minimum absolute atomic E-state index is 0.0852. The number of piperidine rings is 1. The summed E-state index contributed by atoms with van der Waals surface area (Å²) in [5.74, 6) is 0.762. The Bertz CT molecular complexity index is 546. The first-order valence-corrected chi connectivity index (χ1v) is 8.89. The molecule has 4 nitrogen and oxygen atoms in total. The lowest BCUT2D eigenvalue weighted by molar-refractivity contribution is 0.00918. The first kappa shape index (κ1) is 16.7. The second-order valence-corrected chi connectivity index (χ2v) is 7.31. The number of carbonyl (C=O) groups excluding carboxylic acids is 1. The van der Waals surface area contributed by atoms with Crippen LogP contribution in [0.1, 0.15) is 41.6 Å². The molecule has 1 aliphatic heterocycles. The molecule has 0 radical (unpaired) electrons. The van der Waals surface area contributed by atoms with Crippen LogP contribution in [0.4, 0.5) is 0 Å². The number of amides is 1. The van der Waals surface area contributed by atoms with E-state index in [9.17, 15) is 9.90 Å². The van der Waals surface area contributed by atoms with E-state index in [1.807, 2.05) is 19.1 Å². The van der Waals surface area contributed by atoms with Crippen molar-refractivity contribution in [2.75, 3.05) is 13.1 Å². The zero-order chi connectivity index (χ0) is 16.4. The van der Waals surface area contributed by atoms with Gasteiger partial charge in [-0.1, -0.05) is 23.7 Å². The largest absolute Gasteiger partial charge is 0.393 e. The number of aliphatic hydroxyl groups excluding tert-OH is 1. The Kier molecular flexibility index (Phi) is 5.24. The highest BCUT2D eigenvalue weighted by Crippen LogP contribution is 2.36. The van der Waals surface area contributed by atoms with Crippen molar-refractivity contribution in [3.63, 3.8) is 0 Å². The van der Waals surface area contributed by atoms with Gasteiger partial charge in [0, 0.05) is 6.04 Å². The minimum atomic E-state index is -0.205. The highest BCUT2D eigenvalue weighted by atomic mass is 35.5. The molecule has 0 unspecified atom stereocenters. The van der Waals surface area contributed by atoms with Gasteiger partial charge in [0.15, 0.2) is 0 Å². The summed E-state index contributed by atoms with van der Waals surface area (Å²) in [5, 5.41) is 16.8. The van der Waals surface area contributed by atoms with E-state index < -0.39 is 0 Å². The molecule has 2 fully saturated rings. The Labute approximate surface area is 142 Å². The van der Waals surface area contributed by atoms with E-state index in [1.54, 1.807) is 6.07 Å². The second kappa shape index (κ2) is 7.20.